The normalized spacial score (nSPS) is 12.3. The van der Waals surface area contributed by atoms with Crippen LogP contribution in [0.25, 0.3) is 0 Å². The van der Waals surface area contributed by atoms with Gasteiger partial charge in [-0.1, -0.05) is 19.9 Å². The van der Waals surface area contributed by atoms with Gasteiger partial charge in [-0.2, -0.15) is 5.10 Å². The third-order valence-corrected chi connectivity index (χ3v) is 4.46. The van der Waals surface area contributed by atoms with E-state index in [-0.39, 0.29) is 11.9 Å². The number of nitrogens with one attached hydrogen (secondary N) is 2. The molecule has 1 amide bonds. The first-order valence-corrected chi connectivity index (χ1v) is 9.20. The molecular formula is C20H26N6O. The highest BCUT2D eigenvalue weighted by Gasteiger charge is 2.16. The van der Waals surface area contributed by atoms with E-state index < -0.39 is 0 Å². The average Bonchev–Trinajstić information content (AvgIpc) is 3.27. The standard InChI is InChI=1S/C20H26N6O/c1-13(2)19-22-8-9-26(19)12-16-11-18(25-24-16)20(27)23-15(4)10-17-14(3)6-5-7-21-17/h5-9,11,13,15H,10,12H2,1-4H3,(H,23,27)(H,24,25)/t15-/m1/s1. The minimum absolute atomic E-state index is 0.0348. The molecule has 27 heavy (non-hydrogen) atoms. The zero-order valence-electron chi connectivity index (χ0n) is 16.2. The van der Waals surface area contributed by atoms with Crippen LogP contribution >= 0.6 is 0 Å². The molecule has 142 valence electrons. The molecule has 0 fully saturated rings. The number of imidazole rings is 1. The molecule has 3 aromatic rings. The number of amides is 1. The van der Waals surface area contributed by atoms with Gasteiger partial charge in [-0.05, 0) is 31.5 Å². The van der Waals surface area contributed by atoms with Gasteiger partial charge in [0.25, 0.3) is 5.91 Å². The molecule has 7 nitrogen and oxygen atoms in total. The number of nitrogens with zero attached hydrogens (tertiary/aromatic N) is 4. The Bertz CT molecular complexity index is 911. The van der Waals surface area contributed by atoms with E-state index >= 15 is 0 Å². The van der Waals surface area contributed by atoms with Crippen LogP contribution in [0.5, 0.6) is 0 Å². The number of carbonyl (C=O) groups is 1. The van der Waals surface area contributed by atoms with Crippen molar-refractivity contribution in [3.8, 4) is 0 Å². The van der Waals surface area contributed by atoms with Crippen LogP contribution in [-0.4, -0.2) is 36.7 Å². The number of aryl methyl sites for hydroxylation is 1. The average molecular weight is 366 g/mol. The third-order valence-electron chi connectivity index (χ3n) is 4.46. The van der Waals surface area contributed by atoms with Crippen LogP contribution in [0, 0.1) is 6.92 Å². The maximum Gasteiger partial charge on any atom is 0.271 e. The van der Waals surface area contributed by atoms with Crippen LogP contribution in [-0.2, 0) is 13.0 Å². The number of hydrogen-bond acceptors (Lipinski definition) is 4. The third kappa shape index (κ3) is 4.61. The van der Waals surface area contributed by atoms with Gasteiger partial charge in [-0.25, -0.2) is 4.98 Å². The van der Waals surface area contributed by atoms with Crippen molar-refractivity contribution in [1.29, 1.82) is 0 Å². The monoisotopic (exact) mass is 366 g/mol. The number of pyridine rings is 1. The lowest BCUT2D eigenvalue weighted by Gasteiger charge is -2.13. The van der Waals surface area contributed by atoms with Crippen molar-refractivity contribution in [3.05, 3.63) is 65.3 Å². The van der Waals surface area contributed by atoms with Gasteiger partial charge in [0.15, 0.2) is 0 Å². The smallest absolute Gasteiger partial charge is 0.271 e. The molecule has 0 radical (unpaired) electrons. The fraction of sp³-hybridized carbons (Fsp3) is 0.400. The van der Waals surface area contributed by atoms with Crippen molar-refractivity contribution in [1.82, 2.24) is 30.0 Å². The predicted octanol–water partition coefficient (Wildman–Crippen LogP) is 2.84. The van der Waals surface area contributed by atoms with Crippen LogP contribution in [0.2, 0.25) is 0 Å². The first-order chi connectivity index (χ1) is 12.9. The maximum atomic E-state index is 12.5. The van der Waals surface area contributed by atoms with Crippen molar-refractivity contribution in [2.24, 2.45) is 0 Å². The quantitative estimate of drug-likeness (QED) is 0.673. The van der Waals surface area contributed by atoms with Gasteiger partial charge in [0, 0.05) is 42.7 Å². The number of aromatic amines is 1. The van der Waals surface area contributed by atoms with Crippen LogP contribution in [0.4, 0.5) is 0 Å². The van der Waals surface area contributed by atoms with Gasteiger partial charge >= 0.3 is 0 Å². The number of hydrogen-bond donors (Lipinski definition) is 2. The Balaban J connectivity index is 1.61. The summed E-state index contributed by atoms with van der Waals surface area (Å²) in [5.41, 5.74) is 3.38. The van der Waals surface area contributed by atoms with E-state index in [1.807, 2.05) is 32.2 Å². The first kappa shape index (κ1) is 18.8. The SMILES string of the molecule is Cc1cccnc1C[C@@H](C)NC(=O)c1cc(Cn2ccnc2C(C)C)[nH]n1. The zero-order valence-corrected chi connectivity index (χ0v) is 16.2. The Morgan fingerprint density at radius 2 is 2.07 bits per heavy atom. The minimum atomic E-state index is -0.187. The van der Waals surface area contributed by atoms with E-state index in [9.17, 15) is 4.79 Å². The molecule has 0 aliphatic heterocycles. The lowest BCUT2D eigenvalue weighted by Crippen LogP contribution is -2.34. The van der Waals surface area contributed by atoms with Gasteiger partial charge in [0.1, 0.15) is 11.5 Å². The van der Waals surface area contributed by atoms with E-state index in [2.05, 4.69) is 43.9 Å². The van der Waals surface area contributed by atoms with Crippen LogP contribution in [0.3, 0.4) is 0 Å². The Kier molecular flexibility index (Phi) is 5.69. The molecular weight excluding hydrogens is 340 g/mol. The molecule has 0 bridgehead atoms. The van der Waals surface area contributed by atoms with E-state index in [1.54, 1.807) is 18.5 Å². The summed E-state index contributed by atoms with van der Waals surface area (Å²) in [6.45, 7) is 8.82. The number of aromatic nitrogens is 5. The van der Waals surface area contributed by atoms with E-state index in [4.69, 9.17) is 0 Å². The molecule has 0 saturated carbocycles. The van der Waals surface area contributed by atoms with Gasteiger partial charge in [0.05, 0.1) is 12.2 Å². The minimum Gasteiger partial charge on any atom is -0.348 e. The van der Waals surface area contributed by atoms with Crippen molar-refractivity contribution in [3.63, 3.8) is 0 Å². The largest absolute Gasteiger partial charge is 0.348 e. The summed E-state index contributed by atoms with van der Waals surface area (Å²) in [6, 6.07) is 5.70. The molecule has 1 atom stereocenters. The molecule has 0 aromatic carbocycles. The van der Waals surface area contributed by atoms with E-state index in [0.29, 0.717) is 24.6 Å². The van der Waals surface area contributed by atoms with Gasteiger partial charge in [0.2, 0.25) is 0 Å². The molecule has 2 N–H and O–H groups in total. The highest BCUT2D eigenvalue weighted by atomic mass is 16.2. The summed E-state index contributed by atoms with van der Waals surface area (Å²) in [5.74, 6) is 1.16. The summed E-state index contributed by atoms with van der Waals surface area (Å²) < 4.78 is 2.06. The highest BCUT2D eigenvalue weighted by Crippen LogP contribution is 2.14. The molecule has 3 rings (SSSR count). The number of carbonyl (C=O) groups excluding carboxylic acids is 1. The second-order valence-corrected chi connectivity index (χ2v) is 7.19. The molecule has 0 spiro atoms. The molecule has 0 saturated heterocycles. The molecule has 3 heterocycles. The topological polar surface area (TPSA) is 88.5 Å². The van der Waals surface area contributed by atoms with Gasteiger partial charge in [-0.15, -0.1) is 0 Å². The summed E-state index contributed by atoms with van der Waals surface area (Å²) in [7, 11) is 0. The van der Waals surface area contributed by atoms with Crippen molar-refractivity contribution < 1.29 is 4.79 Å². The Morgan fingerprint density at radius 3 is 2.81 bits per heavy atom. The molecule has 0 unspecified atom stereocenters. The summed E-state index contributed by atoms with van der Waals surface area (Å²) in [4.78, 5) is 21.3. The van der Waals surface area contributed by atoms with Crippen LogP contribution in [0.1, 0.15) is 60.0 Å². The predicted molar refractivity (Wildman–Crippen MR) is 104 cm³/mol. The number of rotatable bonds is 7. The fourth-order valence-corrected chi connectivity index (χ4v) is 3.07. The van der Waals surface area contributed by atoms with E-state index in [1.165, 1.54) is 0 Å². The fourth-order valence-electron chi connectivity index (χ4n) is 3.07. The van der Waals surface area contributed by atoms with Crippen molar-refractivity contribution in [2.75, 3.05) is 0 Å². The maximum absolute atomic E-state index is 12.5. The van der Waals surface area contributed by atoms with Gasteiger partial charge in [-0.3, -0.25) is 14.9 Å². The highest BCUT2D eigenvalue weighted by molar-refractivity contribution is 5.92. The van der Waals surface area contributed by atoms with Crippen LogP contribution < -0.4 is 5.32 Å². The molecule has 0 aliphatic carbocycles. The Morgan fingerprint density at radius 1 is 1.26 bits per heavy atom. The Hall–Kier alpha value is -2.96. The van der Waals surface area contributed by atoms with Gasteiger partial charge < -0.3 is 9.88 Å². The van der Waals surface area contributed by atoms with Crippen molar-refractivity contribution in [2.45, 2.75) is 52.6 Å². The lowest BCUT2D eigenvalue weighted by molar-refractivity contribution is 0.0935. The lowest BCUT2D eigenvalue weighted by atomic mass is 10.1. The molecule has 3 aromatic heterocycles. The van der Waals surface area contributed by atoms with Crippen molar-refractivity contribution >= 4 is 5.91 Å². The summed E-state index contributed by atoms with van der Waals surface area (Å²) in [6.07, 6.45) is 6.19. The zero-order chi connectivity index (χ0) is 19.4. The second-order valence-electron chi connectivity index (χ2n) is 7.19. The second kappa shape index (κ2) is 8.16. The number of H-pyrrole nitrogens is 1. The van der Waals surface area contributed by atoms with Crippen LogP contribution in [0.15, 0.2) is 36.8 Å². The molecule has 0 aliphatic rings. The molecule has 7 heteroatoms. The van der Waals surface area contributed by atoms with E-state index in [0.717, 1.165) is 22.8 Å². The first-order valence-electron chi connectivity index (χ1n) is 9.20. The Labute approximate surface area is 159 Å². The summed E-state index contributed by atoms with van der Waals surface area (Å²) >= 11 is 0. The summed E-state index contributed by atoms with van der Waals surface area (Å²) in [5, 5.41) is 10.1.